The summed E-state index contributed by atoms with van der Waals surface area (Å²) in [4.78, 5) is 0. The molecule has 0 amide bonds. The Morgan fingerprint density at radius 1 is 1.29 bits per heavy atom. The third-order valence-corrected chi connectivity index (χ3v) is 4.31. The van der Waals surface area contributed by atoms with Crippen LogP contribution in [0.5, 0.6) is 0 Å². The predicted octanol–water partition coefficient (Wildman–Crippen LogP) is 4.08. The summed E-state index contributed by atoms with van der Waals surface area (Å²) in [6.45, 7) is 0. The van der Waals surface area contributed by atoms with E-state index in [0.29, 0.717) is 36.3 Å². The molecule has 0 spiro atoms. The van der Waals surface area contributed by atoms with Crippen LogP contribution in [0.3, 0.4) is 0 Å². The molecule has 9 heteroatoms. The first kappa shape index (κ1) is 17.0. The summed E-state index contributed by atoms with van der Waals surface area (Å²) in [5.41, 5.74) is 6.17. The molecule has 0 bridgehead atoms. The van der Waals surface area contributed by atoms with Gasteiger partial charge in [0.15, 0.2) is 10.8 Å². The highest BCUT2D eigenvalue weighted by Crippen LogP contribution is 2.39. The van der Waals surface area contributed by atoms with Crippen LogP contribution in [0.2, 0.25) is 5.02 Å². The molecule has 24 heavy (non-hydrogen) atoms. The zero-order chi connectivity index (χ0) is 17.5. The smallest absolute Gasteiger partial charge is 0.376 e. The van der Waals surface area contributed by atoms with E-state index in [1.54, 1.807) is 18.2 Å². The van der Waals surface area contributed by atoms with Gasteiger partial charge in [-0.1, -0.05) is 17.7 Å². The van der Waals surface area contributed by atoms with Crippen LogP contribution in [0.15, 0.2) is 18.2 Å². The number of nitrogens with one attached hydrogen (secondary N) is 1. The number of para-hydroxylation sites is 1. The number of hydrogen-bond donors (Lipinski definition) is 2. The van der Waals surface area contributed by atoms with Crippen molar-refractivity contribution in [1.82, 2.24) is 9.78 Å². The SMILES string of the molecule is NC(=S)Nc1cccc(Cl)c1-n1nc(C(F)(F)F)c2c1CCCC2. The van der Waals surface area contributed by atoms with Crippen LogP contribution in [0.1, 0.15) is 29.8 Å². The Morgan fingerprint density at radius 3 is 2.67 bits per heavy atom. The number of nitrogens with two attached hydrogens (primary N) is 1. The summed E-state index contributed by atoms with van der Waals surface area (Å²) in [5.74, 6) is 0. The number of thiocarbonyl (C=S) groups is 1. The first-order chi connectivity index (χ1) is 11.3. The normalized spacial score (nSPS) is 14.3. The molecule has 3 rings (SSSR count). The Balaban J connectivity index is 2.24. The summed E-state index contributed by atoms with van der Waals surface area (Å²) in [7, 11) is 0. The van der Waals surface area contributed by atoms with E-state index in [-0.39, 0.29) is 15.7 Å². The second-order valence-electron chi connectivity index (χ2n) is 5.52. The number of halogens is 4. The molecule has 2 aromatic rings. The maximum atomic E-state index is 13.4. The topological polar surface area (TPSA) is 55.9 Å². The van der Waals surface area contributed by atoms with Gasteiger partial charge in [-0.25, -0.2) is 4.68 Å². The standard InChI is InChI=1S/C15H14ClF3N4S/c16-9-5-3-6-10(21-14(20)24)12(9)23-11-7-2-1-4-8(11)13(22-23)15(17,18)19/h3,5-6H,1-2,4,7H2,(H3,20,21,24). The Labute approximate surface area is 146 Å². The second kappa shape index (κ2) is 6.25. The lowest BCUT2D eigenvalue weighted by atomic mass is 9.95. The van der Waals surface area contributed by atoms with Gasteiger partial charge in [0.1, 0.15) is 5.69 Å². The van der Waals surface area contributed by atoms with Crippen LogP contribution in [-0.4, -0.2) is 14.9 Å². The van der Waals surface area contributed by atoms with Gasteiger partial charge in [0.25, 0.3) is 0 Å². The molecule has 4 nitrogen and oxygen atoms in total. The summed E-state index contributed by atoms with van der Waals surface area (Å²) >= 11 is 11.1. The fourth-order valence-corrected chi connectivity index (χ4v) is 3.34. The van der Waals surface area contributed by atoms with Crippen LogP contribution in [-0.2, 0) is 19.0 Å². The molecule has 1 aliphatic rings. The lowest BCUT2D eigenvalue weighted by Crippen LogP contribution is -2.21. The average molecular weight is 375 g/mol. The third kappa shape index (κ3) is 3.08. The van der Waals surface area contributed by atoms with Gasteiger partial charge in [-0.3, -0.25) is 0 Å². The fraction of sp³-hybridized carbons (Fsp3) is 0.333. The van der Waals surface area contributed by atoms with Crippen LogP contribution in [0.4, 0.5) is 18.9 Å². The number of fused-ring (bicyclic) bond motifs is 1. The van der Waals surface area contributed by atoms with Gasteiger partial charge in [-0.15, -0.1) is 0 Å². The highest BCUT2D eigenvalue weighted by Gasteiger charge is 2.40. The minimum atomic E-state index is -4.51. The molecule has 0 unspecified atom stereocenters. The molecule has 128 valence electrons. The van der Waals surface area contributed by atoms with Crippen molar-refractivity contribution in [2.45, 2.75) is 31.9 Å². The first-order valence-electron chi connectivity index (χ1n) is 7.32. The summed E-state index contributed by atoms with van der Waals surface area (Å²) in [6, 6.07) is 4.89. The van der Waals surface area contributed by atoms with Gasteiger partial charge in [0.05, 0.1) is 10.7 Å². The number of hydrogen-bond acceptors (Lipinski definition) is 2. The van der Waals surface area contributed by atoms with Crippen molar-refractivity contribution in [3.05, 3.63) is 40.2 Å². The Bertz CT molecular complexity index is 801. The van der Waals surface area contributed by atoms with Gasteiger partial charge in [-0.2, -0.15) is 18.3 Å². The van der Waals surface area contributed by atoms with Gasteiger partial charge in [-0.05, 0) is 50.0 Å². The van der Waals surface area contributed by atoms with Gasteiger partial charge < -0.3 is 11.1 Å². The summed E-state index contributed by atoms with van der Waals surface area (Å²) < 4.78 is 41.3. The third-order valence-electron chi connectivity index (χ3n) is 3.91. The molecule has 0 fully saturated rings. The van der Waals surface area contributed by atoms with E-state index in [4.69, 9.17) is 29.6 Å². The van der Waals surface area contributed by atoms with Crippen molar-refractivity contribution >= 4 is 34.6 Å². The molecule has 0 saturated heterocycles. The molecule has 1 aromatic heterocycles. The largest absolute Gasteiger partial charge is 0.435 e. The molecule has 1 aromatic carbocycles. The number of alkyl halides is 3. The highest BCUT2D eigenvalue weighted by atomic mass is 35.5. The number of anilines is 1. The lowest BCUT2D eigenvalue weighted by Gasteiger charge is -2.17. The van der Waals surface area contributed by atoms with E-state index in [1.807, 2.05) is 0 Å². The molecule has 1 aliphatic carbocycles. The molecular weight excluding hydrogens is 361 g/mol. The van der Waals surface area contributed by atoms with Gasteiger partial charge >= 0.3 is 6.18 Å². The summed E-state index contributed by atoms with van der Waals surface area (Å²) in [5, 5.41) is 6.86. The van der Waals surface area contributed by atoms with E-state index in [1.165, 1.54) is 4.68 Å². The quantitative estimate of drug-likeness (QED) is 0.778. The van der Waals surface area contributed by atoms with Crippen LogP contribution in [0, 0.1) is 0 Å². The minimum absolute atomic E-state index is 0.00409. The zero-order valence-corrected chi connectivity index (χ0v) is 14.0. The summed E-state index contributed by atoms with van der Waals surface area (Å²) in [6.07, 6.45) is -2.13. The maximum absolute atomic E-state index is 13.4. The molecule has 0 saturated carbocycles. The van der Waals surface area contributed by atoms with Crippen LogP contribution in [0.25, 0.3) is 5.69 Å². The molecule has 0 atom stereocenters. The van der Waals surface area contributed by atoms with Crippen LogP contribution >= 0.6 is 23.8 Å². The van der Waals surface area contributed by atoms with Crippen molar-refractivity contribution in [1.29, 1.82) is 0 Å². The van der Waals surface area contributed by atoms with Crippen LogP contribution < -0.4 is 11.1 Å². The maximum Gasteiger partial charge on any atom is 0.435 e. The van der Waals surface area contributed by atoms with E-state index in [2.05, 4.69) is 10.4 Å². The second-order valence-corrected chi connectivity index (χ2v) is 6.36. The van der Waals surface area contributed by atoms with E-state index in [9.17, 15) is 13.2 Å². The molecule has 0 aliphatic heterocycles. The Kier molecular flexibility index (Phi) is 4.44. The molecular formula is C15H14ClF3N4S. The number of aromatic nitrogens is 2. The monoisotopic (exact) mass is 374 g/mol. The first-order valence-corrected chi connectivity index (χ1v) is 8.11. The van der Waals surface area contributed by atoms with Crippen molar-refractivity contribution in [2.24, 2.45) is 5.73 Å². The van der Waals surface area contributed by atoms with Gasteiger partial charge in [0.2, 0.25) is 0 Å². The van der Waals surface area contributed by atoms with Crippen molar-refractivity contribution in [2.75, 3.05) is 5.32 Å². The van der Waals surface area contributed by atoms with Crippen molar-refractivity contribution in [3.63, 3.8) is 0 Å². The Morgan fingerprint density at radius 2 is 2.00 bits per heavy atom. The van der Waals surface area contributed by atoms with E-state index < -0.39 is 11.9 Å². The lowest BCUT2D eigenvalue weighted by molar-refractivity contribution is -0.142. The van der Waals surface area contributed by atoms with Crippen molar-refractivity contribution in [3.8, 4) is 5.69 Å². The van der Waals surface area contributed by atoms with E-state index >= 15 is 0 Å². The molecule has 3 N–H and O–H groups in total. The van der Waals surface area contributed by atoms with Crippen molar-refractivity contribution < 1.29 is 13.2 Å². The number of benzene rings is 1. The highest BCUT2D eigenvalue weighted by molar-refractivity contribution is 7.80. The zero-order valence-electron chi connectivity index (χ0n) is 12.5. The number of rotatable bonds is 2. The molecule has 1 heterocycles. The minimum Gasteiger partial charge on any atom is -0.376 e. The average Bonchev–Trinajstić information content (AvgIpc) is 2.86. The van der Waals surface area contributed by atoms with Gasteiger partial charge in [0, 0.05) is 11.3 Å². The van der Waals surface area contributed by atoms with E-state index in [0.717, 1.165) is 6.42 Å². The predicted molar refractivity (Wildman–Crippen MR) is 90.6 cm³/mol. The fourth-order valence-electron chi connectivity index (χ4n) is 2.98. The Hall–Kier alpha value is -1.80. The number of nitrogens with zero attached hydrogens (tertiary/aromatic N) is 2. The molecule has 0 radical (unpaired) electrons.